The van der Waals surface area contributed by atoms with Gasteiger partial charge in [-0.1, -0.05) is 6.07 Å². The van der Waals surface area contributed by atoms with Crippen molar-refractivity contribution >= 4 is 0 Å². The van der Waals surface area contributed by atoms with Crippen molar-refractivity contribution in [2.24, 2.45) is 5.73 Å². The van der Waals surface area contributed by atoms with E-state index in [1.54, 1.807) is 19.2 Å². The van der Waals surface area contributed by atoms with E-state index in [1.807, 2.05) is 0 Å². The molecule has 1 fully saturated rings. The largest absolute Gasteiger partial charge is 0.496 e. The molecule has 0 bridgehead atoms. The van der Waals surface area contributed by atoms with Crippen molar-refractivity contribution < 1.29 is 9.13 Å². The fourth-order valence-corrected chi connectivity index (χ4v) is 1.76. The van der Waals surface area contributed by atoms with Gasteiger partial charge < -0.3 is 10.5 Å². The third-order valence-electron chi connectivity index (χ3n) is 3.06. The molecule has 1 aliphatic rings. The molecule has 15 heavy (non-hydrogen) atoms. The quantitative estimate of drug-likeness (QED) is 0.825. The molecule has 1 aromatic rings. The van der Waals surface area contributed by atoms with E-state index in [4.69, 9.17) is 10.5 Å². The first-order valence-electron chi connectivity index (χ1n) is 5.25. The van der Waals surface area contributed by atoms with Crippen LogP contribution in [-0.2, 0) is 6.42 Å². The van der Waals surface area contributed by atoms with Crippen LogP contribution in [0.4, 0.5) is 4.39 Å². The van der Waals surface area contributed by atoms with Gasteiger partial charge in [-0.2, -0.15) is 0 Å². The summed E-state index contributed by atoms with van der Waals surface area (Å²) in [6.07, 6.45) is 3.62. The number of hydrogen-bond acceptors (Lipinski definition) is 2. The SMILES string of the molecule is COc1cccc(F)c1CCC1(N)CC1. The molecule has 3 heteroatoms. The maximum absolute atomic E-state index is 13.5. The smallest absolute Gasteiger partial charge is 0.130 e. The highest BCUT2D eigenvalue weighted by Crippen LogP contribution is 2.37. The summed E-state index contributed by atoms with van der Waals surface area (Å²) in [5.74, 6) is 0.429. The first-order valence-corrected chi connectivity index (χ1v) is 5.25. The molecule has 0 aliphatic heterocycles. The van der Waals surface area contributed by atoms with Crippen LogP contribution in [0.25, 0.3) is 0 Å². The van der Waals surface area contributed by atoms with Crippen LogP contribution in [0.3, 0.4) is 0 Å². The molecule has 0 radical (unpaired) electrons. The summed E-state index contributed by atoms with van der Waals surface area (Å²) >= 11 is 0. The zero-order chi connectivity index (χ0) is 10.9. The molecule has 0 unspecified atom stereocenters. The standard InChI is InChI=1S/C12H16FNO/c1-15-11-4-2-3-10(13)9(11)5-6-12(14)7-8-12/h2-4H,5-8,14H2,1H3. The van der Waals surface area contributed by atoms with Gasteiger partial charge in [0.2, 0.25) is 0 Å². The van der Waals surface area contributed by atoms with Gasteiger partial charge in [0.25, 0.3) is 0 Å². The minimum Gasteiger partial charge on any atom is -0.496 e. The Balaban J connectivity index is 2.11. The van der Waals surface area contributed by atoms with Crippen molar-refractivity contribution in [2.75, 3.05) is 7.11 Å². The Bertz CT molecular complexity index is 361. The van der Waals surface area contributed by atoms with E-state index in [-0.39, 0.29) is 11.4 Å². The zero-order valence-electron chi connectivity index (χ0n) is 8.92. The predicted molar refractivity (Wildman–Crippen MR) is 57.4 cm³/mol. The predicted octanol–water partition coefficient (Wildman–Crippen LogP) is 2.26. The van der Waals surface area contributed by atoms with Crippen molar-refractivity contribution in [2.45, 2.75) is 31.2 Å². The van der Waals surface area contributed by atoms with Crippen LogP contribution < -0.4 is 10.5 Å². The van der Waals surface area contributed by atoms with Crippen molar-refractivity contribution in [3.05, 3.63) is 29.6 Å². The number of halogens is 1. The number of methoxy groups -OCH3 is 1. The van der Waals surface area contributed by atoms with Gasteiger partial charge in [-0.3, -0.25) is 0 Å². The summed E-state index contributed by atoms with van der Waals surface area (Å²) in [5.41, 5.74) is 6.59. The molecule has 0 saturated heterocycles. The number of benzene rings is 1. The Hall–Kier alpha value is -1.09. The molecule has 0 atom stereocenters. The summed E-state index contributed by atoms with van der Waals surface area (Å²) in [6, 6.07) is 4.91. The van der Waals surface area contributed by atoms with E-state index in [9.17, 15) is 4.39 Å². The van der Waals surface area contributed by atoms with Gasteiger partial charge in [-0.25, -0.2) is 4.39 Å². The Morgan fingerprint density at radius 3 is 2.80 bits per heavy atom. The highest BCUT2D eigenvalue weighted by Gasteiger charge is 2.37. The lowest BCUT2D eigenvalue weighted by atomic mass is 10.0. The lowest BCUT2D eigenvalue weighted by Crippen LogP contribution is -2.22. The topological polar surface area (TPSA) is 35.2 Å². The lowest BCUT2D eigenvalue weighted by Gasteiger charge is -2.12. The molecule has 82 valence electrons. The van der Waals surface area contributed by atoms with Crippen LogP contribution >= 0.6 is 0 Å². The monoisotopic (exact) mass is 209 g/mol. The first-order chi connectivity index (χ1) is 7.14. The third kappa shape index (κ3) is 2.29. The average molecular weight is 209 g/mol. The Kier molecular flexibility index (Phi) is 2.65. The summed E-state index contributed by atoms with van der Waals surface area (Å²) in [4.78, 5) is 0. The number of ether oxygens (including phenoxy) is 1. The minimum absolute atomic E-state index is 0.0344. The Labute approximate surface area is 89.2 Å². The Morgan fingerprint density at radius 2 is 2.20 bits per heavy atom. The van der Waals surface area contributed by atoms with Gasteiger partial charge in [0.1, 0.15) is 11.6 Å². The van der Waals surface area contributed by atoms with Crippen molar-refractivity contribution in [1.82, 2.24) is 0 Å². The maximum Gasteiger partial charge on any atom is 0.130 e. The van der Waals surface area contributed by atoms with E-state index in [0.717, 1.165) is 19.3 Å². The number of rotatable bonds is 4. The molecular formula is C12H16FNO. The average Bonchev–Trinajstić information content (AvgIpc) is 2.95. The molecular weight excluding hydrogens is 193 g/mol. The zero-order valence-corrected chi connectivity index (χ0v) is 8.92. The molecule has 0 heterocycles. The second-order valence-corrected chi connectivity index (χ2v) is 4.28. The highest BCUT2D eigenvalue weighted by molar-refractivity contribution is 5.35. The molecule has 1 aromatic carbocycles. The van der Waals surface area contributed by atoms with Crippen LogP contribution in [0.2, 0.25) is 0 Å². The Morgan fingerprint density at radius 1 is 1.47 bits per heavy atom. The molecule has 0 aromatic heterocycles. The van der Waals surface area contributed by atoms with E-state index < -0.39 is 0 Å². The van der Waals surface area contributed by atoms with Crippen molar-refractivity contribution in [1.29, 1.82) is 0 Å². The van der Waals surface area contributed by atoms with Crippen LogP contribution in [0.15, 0.2) is 18.2 Å². The van der Waals surface area contributed by atoms with Gasteiger partial charge in [0.15, 0.2) is 0 Å². The first kappa shape index (κ1) is 10.4. The van der Waals surface area contributed by atoms with Crippen molar-refractivity contribution in [3.63, 3.8) is 0 Å². The molecule has 1 aliphatic carbocycles. The maximum atomic E-state index is 13.5. The van der Waals surface area contributed by atoms with Crippen molar-refractivity contribution in [3.8, 4) is 5.75 Å². The fraction of sp³-hybridized carbons (Fsp3) is 0.500. The van der Waals surface area contributed by atoms with Gasteiger partial charge in [-0.05, 0) is 37.8 Å². The van der Waals surface area contributed by atoms with E-state index in [1.165, 1.54) is 6.07 Å². The normalized spacial score (nSPS) is 17.5. The fourth-order valence-electron chi connectivity index (χ4n) is 1.76. The van der Waals surface area contributed by atoms with E-state index >= 15 is 0 Å². The summed E-state index contributed by atoms with van der Waals surface area (Å²) in [6.45, 7) is 0. The van der Waals surface area contributed by atoms with Crippen LogP contribution in [0.1, 0.15) is 24.8 Å². The summed E-state index contributed by atoms with van der Waals surface area (Å²) < 4.78 is 18.6. The molecule has 2 N–H and O–H groups in total. The molecule has 1 saturated carbocycles. The number of nitrogens with two attached hydrogens (primary N) is 1. The molecule has 0 spiro atoms. The minimum atomic E-state index is -0.196. The van der Waals surface area contributed by atoms with Gasteiger partial charge in [-0.15, -0.1) is 0 Å². The van der Waals surface area contributed by atoms with Gasteiger partial charge in [0.05, 0.1) is 7.11 Å². The van der Waals surface area contributed by atoms with Crippen LogP contribution in [-0.4, -0.2) is 12.6 Å². The second-order valence-electron chi connectivity index (χ2n) is 4.28. The summed E-state index contributed by atoms with van der Waals surface area (Å²) in [5, 5.41) is 0. The third-order valence-corrected chi connectivity index (χ3v) is 3.06. The molecule has 2 nitrogen and oxygen atoms in total. The summed E-state index contributed by atoms with van der Waals surface area (Å²) in [7, 11) is 1.56. The van der Waals surface area contributed by atoms with Crippen LogP contribution in [0.5, 0.6) is 5.75 Å². The highest BCUT2D eigenvalue weighted by atomic mass is 19.1. The lowest BCUT2D eigenvalue weighted by molar-refractivity contribution is 0.402. The molecule has 2 rings (SSSR count). The van der Waals surface area contributed by atoms with E-state index in [0.29, 0.717) is 17.7 Å². The molecule has 0 amide bonds. The second kappa shape index (κ2) is 3.81. The van der Waals surface area contributed by atoms with Gasteiger partial charge >= 0.3 is 0 Å². The number of hydrogen-bond donors (Lipinski definition) is 1. The van der Waals surface area contributed by atoms with Gasteiger partial charge in [0, 0.05) is 11.1 Å². The van der Waals surface area contributed by atoms with E-state index in [2.05, 4.69) is 0 Å². The van der Waals surface area contributed by atoms with Crippen LogP contribution in [0, 0.1) is 5.82 Å².